The Balaban J connectivity index is 1.22. The lowest BCUT2D eigenvalue weighted by atomic mass is 10.0. The number of carbonyl (C=O) groups excluding carboxylic acids is 4. The van der Waals surface area contributed by atoms with Crippen molar-refractivity contribution >= 4 is 51.2 Å². The molecule has 6 rings (SSSR count). The molecule has 356 valence electrons. The minimum absolute atomic E-state index is 0.00362. The van der Waals surface area contributed by atoms with E-state index < -0.39 is 34.1 Å². The van der Waals surface area contributed by atoms with Gasteiger partial charge in [0.25, 0.3) is 23.6 Å². The first-order chi connectivity index (χ1) is 31.2. The minimum atomic E-state index is -1.45. The molecule has 0 fully saturated rings. The summed E-state index contributed by atoms with van der Waals surface area (Å²) in [5.74, 6) is -0.399. The second-order valence-electron chi connectivity index (χ2n) is 19.2. The van der Waals surface area contributed by atoms with Crippen molar-refractivity contribution < 1.29 is 52.7 Å². The number of aliphatic hydroxyl groups excluding tert-OH is 1. The molecular weight excluding hydrogens is 879 g/mol. The molecule has 2 aromatic carbocycles. The van der Waals surface area contributed by atoms with E-state index in [2.05, 4.69) is 45.9 Å². The molecule has 66 heavy (non-hydrogen) atoms. The Morgan fingerprint density at radius 3 is 1.62 bits per heavy atom. The molecule has 0 aromatic heterocycles. The lowest BCUT2D eigenvalue weighted by molar-refractivity contribution is -0.123. The predicted molar refractivity (Wildman–Crippen MR) is 259 cm³/mol. The first-order valence-electron chi connectivity index (χ1n) is 22.3. The van der Waals surface area contributed by atoms with Crippen LogP contribution in [0.4, 0.5) is 11.4 Å². The van der Waals surface area contributed by atoms with Crippen LogP contribution in [0.1, 0.15) is 46.9 Å². The number of amides is 4. The molecule has 2 aromatic rings. The van der Waals surface area contributed by atoms with Crippen molar-refractivity contribution in [2.45, 2.75) is 89.6 Å². The van der Waals surface area contributed by atoms with Gasteiger partial charge in [-0.15, -0.1) is 0 Å². The van der Waals surface area contributed by atoms with E-state index in [1.54, 1.807) is 43.5 Å². The zero-order valence-electron chi connectivity index (χ0n) is 39.7. The highest BCUT2D eigenvalue weighted by molar-refractivity contribution is 6.76. The Bertz CT molecular complexity index is 2340. The van der Waals surface area contributed by atoms with Crippen molar-refractivity contribution in [2.24, 2.45) is 5.73 Å². The number of ether oxygens (including phenoxy) is 6. The first-order valence-corrected chi connectivity index (χ1v) is 29.7. The summed E-state index contributed by atoms with van der Waals surface area (Å²) in [6, 6.07) is 6.43. The number of nitrogens with zero attached hydrogens (tertiary/aromatic N) is 4. The molecule has 0 radical (unpaired) electrons. The van der Waals surface area contributed by atoms with Gasteiger partial charge >= 0.3 is 0 Å². The number of nitrogens with two attached hydrogens (primary N) is 1. The Labute approximate surface area is 389 Å². The smallest absolute Gasteiger partial charge is 0.260 e. The summed E-state index contributed by atoms with van der Waals surface area (Å²) in [5.41, 5.74) is 9.12. The lowest BCUT2D eigenvalue weighted by Gasteiger charge is -2.27. The fraction of sp³-hybridized carbons (Fsp3) is 0.458. The van der Waals surface area contributed by atoms with Crippen molar-refractivity contribution in [3.05, 3.63) is 95.2 Å². The van der Waals surface area contributed by atoms with Gasteiger partial charge < -0.3 is 44.2 Å². The maximum absolute atomic E-state index is 14.5. The molecule has 0 unspecified atom stereocenters. The number of hydrogen-bond acceptors (Lipinski definition) is 12. The van der Waals surface area contributed by atoms with Crippen LogP contribution in [0, 0.1) is 0 Å². The lowest BCUT2D eigenvalue weighted by Crippen LogP contribution is -2.45. The summed E-state index contributed by atoms with van der Waals surface area (Å²) in [4.78, 5) is 62.4. The average molecular weight is 944 g/mol. The van der Waals surface area contributed by atoms with Gasteiger partial charge in [0.15, 0.2) is 23.0 Å². The molecule has 0 spiro atoms. The Hall–Kier alpha value is -5.83. The third kappa shape index (κ3) is 11.4. The minimum Gasteiger partial charge on any atom is -0.511 e. The number of benzene rings is 2. The fourth-order valence-electron chi connectivity index (χ4n) is 7.82. The van der Waals surface area contributed by atoms with E-state index in [1.807, 2.05) is 6.08 Å². The van der Waals surface area contributed by atoms with Gasteiger partial charge in [-0.3, -0.25) is 33.9 Å². The topological polar surface area (TPSA) is 183 Å². The van der Waals surface area contributed by atoms with Crippen molar-refractivity contribution in [3.63, 3.8) is 0 Å². The molecular formula is C48H65N5O11Si2. The largest absolute Gasteiger partial charge is 0.511 e. The van der Waals surface area contributed by atoms with E-state index in [1.165, 1.54) is 46.1 Å². The molecule has 2 atom stereocenters. The Morgan fingerprint density at radius 2 is 1.18 bits per heavy atom. The van der Waals surface area contributed by atoms with Crippen LogP contribution in [0.3, 0.4) is 0 Å². The van der Waals surface area contributed by atoms with Crippen LogP contribution >= 0.6 is 0 Å². The SMILES string of the molecule is C=C/C(=C\C=C(/C)N)C1=CN2C(=O)c3cc(OC)c(OCCCOc4cc5c(cc4OC)C(=O)N4C=C(O)C[C@H]4C(=O)N5COCC[Si](C)(C)C)cc3N(COCC[Si](C)(C)C)C(=O)[C@@H]2C1. The van der Waals surface area contributed by atoms with E-state index in [9.17, 15) is 24.3 Å². The summed E-state index contributed by atoms with van der Waals surface area (Å²) in [6.45, 7) is 20.2. The van der Waals surface area contributed by atoms with Crippen LogP contribution in [0.15, 0.2) is 84.1 Å². The predicted octanol–water partition coefficient (Wildman–Crippen LogP) is 7.56. The molecule has 0 saturated heterocycles. The fourth-order valence-corrected chi connectivity index (χ4v) is 9.33. The van der Waals surface area contributed by atoms with Crippen LogP contribution in [0.5, 0.6) is 23.0 Å². The molecule has 0 aliphatic carbocycles. The van der Waals surface area contributed by atoms with Gasteiger partial charge in [-0.25, -0.2) is 0 Å². The molecule has 3 N–H and O–H groups in total. The monoisotopic (exact) mass is 943 g/mol. The number of rotatable bonds is 21. The molecule has 4 heterocycles. The van der Waals surface area contributed by atoms with E-state index in [0.717, 1.165) is 23.2 Å². The highest BCUT2D eigenvalue weighted by Gasteiger charge is 2.45. The van der Waals surface area contributed by atoms with Gasteiger partial charge in [0, 0.05) is 78.9 Å². The normalized spacial score (nSPS) is 18.9. The number of anilines is 2. The van der Waals surface area contributed by atoms with Crippen molar-refractivity contribution in [1.82, 2.24) is 9.80 Å². The van der Waals surface area contributed by atoms with Gasteiger partial charge in [-0.05, 0) is 48.4 Å². The van der Waals surface area contributed by atoms with Gasteiger partial charge in [-0.2, -0.15) is 0 Å². The van der Waals surface area contributed by atoms with Crippen LogP contribution in [-0.2, 0) is 19.1 Å². The van der Waals surface area contributed by atoms with Crippen LogP contribution in [-0.4, -0.2) is 121 Å². The van der Waals surface area contributed by atoms with E-state index in [4.69, 9.17) is 34.2 Å². The van der Waals surface area contributed by atoms with Crippen molar-refractivity contribution in [3.8, 4) is 23.0 Å². The van der Waals surface area contributed by atoms with Gasteiger partial charge in [0.2, 0.25) is 0 Å². The maximum atomic E-state index is 14.5. The summed E-state index contributed by atoms with van der Waals surface area (Å²) in [6.07, 6.45) is 8.89. The molecule has 18 heteroatoms. The molecule has 4 aliphatic heterocycles. The van der Waals surface area contributed by atoms with E-state index in [0.29, 0.717) is 54.0 Å². The van der Waals surface area contributed by atoms with Crippen LogP contribution < -0.4 is 34.5 Å². The number of carbonyl (C=O) groups is 4. The maximum Gasteiger partial charge on any atom is 0.260 e. The molecule has 16 nitrogen and oxygen atoms in total. The number of hydrogen-bond donors (Lipinski definition) is 2. The van der Waals surface area contributed by atoms with Crippen LogP contribution in [0.25, 0.3) is 0 Å². The number of methoxy groups -OCH3 is 2. The third-order valence-corrected chi connectivity index (χ3v) is 15.0. The summed E-state index contributed by atoms with van der Waals surface area (Å²) < 4.78 is 36.1. The Kier molecular flexibility index (Phi) is 15.6. The first kappa shape index (κ1) is 49.6. The second kappa shape index (κ2) is 20.8. The van der Waals surface area contributed by atoms with Gasteiger partial charge in [-0.1, -0.05) is 58.0 Å². The summed E-state index contributed by atoms with van der Waals surface area (Å²) in [5, 5.41) is 10.3. The van der Waals surface area contributed by atoms with E-state index in [-0.39, 0.29) is 79.9 Å². The zero-order chi connectivity index (χ0) is 48.1. The standard InChI is InChI=1S/C48H65N5O11Si2/c1-11-32(14-13-31(2)49)33-21-39-47(57)52(29-61-17-19-65(5,6)7)37-25-43(41(59-3)23-35(37)45(55)50(39)27-33)63-15-12-16-64-44-26-38-36(24-42(44)60-4)46(56)51-28-34(54)22-40(51)48(58)53(38)30-62-18-20-66(8,9)10/h11,13-14,23-28,39-40,54H,1,12,15-22,29-30,49H2,2-10H3/b31-13+,32-14+/t39-,40-/m0/s1. The zero-order valence-corrected chi connectivity index (χ0v) is 41.7. The average Bonchev–Trinajstić information content (AvgIpc) is 3.85. The van der Waals surface area contributed by atoms with Gasteiger partial charge in [0.05, 0.1) is 49.9 Å². The van der Waals surface area contributed by atoms with Gasteiger partial charge in [0.1, 0.15) is 31.3 Å². The number of aliphatic hydroxyl groups is 1. The molecule has 4 aliphatic rings. The second-order valence-corrected chi connectivity index (χ2v) is 30.4. The van der Waals surface area contributed by atoms with E-state index >= 15 is 0 Å². The molecule has 0 saturated carbocycles. The quantitative estimate of drug-likeness (QED) is 0.0713. The highest BCUT2D eigenvalue weighted by Crippen LogP contribution is 2.43. The summed E-state index contributed by atoms with van der Waals surface area (Å²) >= 11 is 0. The van der Waals surface area contributed by atoms with Crippen LogP contribution in [0.2, 0.25) is 51.4 Å². The number of fused-ring (bicyclic) bond motifs is 4. The molecule has 0 bridgehead atoms. The highest BCUT2D eigenvalue weighted by atomic mass is 28.3. The molecule has 4 amide bonds. The summed E-state index contributed by atoms with van der Waals surface area (Å²) in [7, 11) is 0.0637. The van der Waals surface area contributed by atoms with Crippen molar-refractivity contribution in [2.75, 3.05) is 63.9 Å². The Morgan fingerprint density at radius 1 is 0.712 bits per heavy atom. The van der Waals surface area contributed by atoms with Crippen molar-refractivity contribution in [1.29, 1.82) is 0 Å². The third-order valence-electron chi connectivity index (χ3n) is 11.6. The number of allylic oxidation sites excluding steroid dienone is 5.